The molecule has 53 heavy (non-hydrogen) atoms. The van der Waals surface area contributed by atoms with Crippen LogP contribution in [0, 0.1) is 6.92 Å². The molecule has 4 N–H and O–H groups in total. The first-order valence-corrected chi connectivity index (χ1v) is 17.6. The largest absolute Gasteiger partial charge is 0.442 e. The number of oxazole rings is 7. The number of nitrogens with zero attached hydrogens (tertiary/aromatic N) is 7. The third-order valence-electron chi connectivity index (χ3n) is 7.51. The smallest absolute Gasteiger partial charge is 0.273 e. The first-order valence-electron chi connectivity index (χ1n) is 15.6. The van der Waals surface area contributed by atoms with Crippen molar-refractivity contribution in [2.75, 3.05) is 24.6 Å². The molecule has 7 aromatic rings. The minimum Gasteiger partial charge on any atom is -0.442 e. The predicted molar refractivity (Wildman–Crippen MR) is 188 cm³/mol. The topological polar surface area (TPSA) is 266 Å². The number of fused-ring (bicyclic) bond motifs is 20. The van der Waals surface area contributed by atoms with Crippen LogP contribution >= 0.6 is 40.1 Å². The average molecular weight is 830 g/mol. The van der Waals surface area contributed by atoms with Crippen LogP contribution in [0.1, 0.15) is 41.0 Å². The van der Waals surface area contributed by atoms with Crippen molar-refractivity contribution in [2.45, 2.75) is 25.8 Å². The van der Waals surface area contributed by atoms with Crippen LogP contribution < -0.4 is 16.4 Å². The van der Waals surface area contributed by atoms with E-state index in [1.165, 1.54) is 43.1 Å². The molecule has 22 heteroatoms. The Morgan fingerprint density at radius 1 is 0.774 bits per heavy atom. The van der Waals surface area contributed by atoms with Gasteiger partial charge in [0.25, 0.3) is 11.8 Å². The number of aromatic nitrogens is 7. The fourth-order valence-electron chi connectivity index (χ4n) is 4.96. The summed E-state index contributed by atoms with van der Waals surface area (Å²) < 4.78 is 40.2. The van der Waals surface area contributed by atoms with Gasteiger partial charge in [0.05, 0.1) is 5.75 Å². The summed E-state index contributed by atoms with van der Waals surface area (Å²) in [6.07, 6.45) is 8.11. The Morgan fingerprint density at radius 3 is 1.92 bits per heavy atom. The molecule has 274 valence electrons. The monoisotopic (exact) mass is 828 g/mol. The number of carbonyl (C=O) groups excluding carboxylic acids is 2. The van der Waals surface area contributed by atoms with Crippen LogP contribution in [0.3, 0.4) is 0 Å². The first-order chi connectivity index (χ1) is 25.3. The molecule has 14 bridgehead atoms. The maximum Gasteiger partial charge on any atom is 0.273 e. The third kappa shape index (κ3) is 7.40. The highest BCUT2D eigenvalue weighted by Gasteiger charge is 2.29. The Balaban J connectivity index is 0.00000435. The Kier molecular flexibility index (Phi) is 10.3. The van der Waals surface area contributed by atoms with E-state index in [1.807, 2.05) is 0 Å². The quantitative estimate of drug-likeness (QED) is 0.160. The van der Waals surface area contributed by atoms with Crippen molar-refractivity contribution in [3.05, 3.63) is 53.3 Å². The molecule has 0 spiro atoms. The average Bonchev–Trinajstić information content (AvgIpc) is 3.98. The van der Waals surface area contributed by atoms with Gasteiger partial charge in [0.15, 0.2) is 39.9 Å². The fraction of sp³-hybridized carbons (Fsp3) is 0.258. The Hall–Kier alpha value is -5.51. The standard InChI is InChI=1S/C31H25BrN10O9S.ClH/c1-13-21-30-40-18(10-49-30)28-39-17(9-48-28)27-38-16(8-47-27)26-37-15(7-46-26)25-36-14(6-45-25)24(44)35-19(11-52-12-20(43)34-5-3-2-4-33)29-42-22(23(32)51-29)31(41-21)50-13;/h6-10,19H,2-5,11-12,33H2,1H3,(H,34,43)(H,35,44);1H/t19-;/m0./s1. The fourth-order valence-corrected chi connectivity index (χ4v) is 6.25. The molecule has 1 aliphatic heterocycles. The van der Waals surface area contributed by atoms with Crippen LogP contribution in [0.2, 0.25) is 0 Å². The summed E-state index contributed by atoms with van der Waals surface area (Å²) in [5, 5.41) is 5.73. The molecule has 2 amide bonds. The molecule has 1 atom stereocenters. The van der Waals surface area contributed by atoms with Crippen molar-refractivity contribution >= 4 is 51.9 Å². The molecule has 7 aromatic heterocycles. The highest BCUT2D eigenvalue weighted by atomic mass is 79.9. The highest BCUT2D eigenvalue weighted by molar-refractivity contribution is 9.10. The summed E-state index contributed by atoms with van der Waals surface area (Å²) in [5.41, 5.74) is 6.99. The molecule has 0 fully saturated rings. The molecule has 8 heterocycles. The highest BCUT2D eigenvalue weighted by Crippen LogP contribution is 2.36. The lowest BCUT2D eigenvalue weighted by Gasteiger charge is -2.14. The van der Waals surface area contributed by atoms with Gasteiger partial charge in [-0.25, -0.2) is 34.9 Å². The number of nitrogens with two attached hydrogens (primary N) is 1. The van der Waals surface area contributed by atoms with Crippen LogP contribution in [0.15, 0.2) is 66.9 Å². The van der Waals surface area contributed by atoms with Crippen molar-refractivity contribution in [2.24, 2.45) is 5.73 Å². The first kappa shape index (κ1) is 35.9. The van der Waals surface area contributed by atoms with E-state index in [0.29, 0.717) is 24.5 Å². The van der Waals surface area contributed by atoms with Gasteiger partial charge < -0.3 is 47.3 Å². The lowest BCUT2D eigenvalue weighted by molar-refractivity contribution is -0.118. The van der Waals surface area contributed by atoms with E-state index in [9.17, 15) is 9.59 Å². The number of amides is 2. The number of nitrogens with one attached hydrogen (secondary N) is 2. The number of hydrogen-bond donors (Lipinski definition) is 3. The lowest BCUT2D eigenvalue weighted by Crippen LogP contribution is -2.31. The van der Waals surface area contributed by atoms with Gasteiger partial charge in [-0.2, -0.15) is 0 Å². The van der Waals surface area contributed by atoms with Crippen molar-refractivity contribution in [3.63, 3.8) is 0 Å². The molecule has 0 aliphatic carbocycles. The van der Waals surface area contributed by atoms with Gasteiger partial charge in [0.1, 0.15) is 43.1 Å². The summed E-state index contributed by atoms with van der Waals surface area (Å²) in [6.45, 7) is 2.75. The summed E-state index contributed by atoms with van der Waals surface area (Å²) in [5.74, 6) is 0.618. The molecular formula is C31H26BrClN10O9S. The number of unbranched alkanes of at least 4 members (excludes halogenated alkanes) is 1. The van der Waals surface area contributed by atoms with E-state index >= 15 is 0 Å². The lowest BCUT2D eigenvalue weighted by atomic mass is 10.3. The Bertz CT molecular complexity index is 2390. The number of aryl methyl sites for hydroxylation is 1. The van der Waals surface area contributed by atoms with Gasteiger partial charge in [-0.15, -0.1) is 24.2 Å². The van der Waals surface area contributed by atoms with E-state index in [4.69, 9.17) is 36.7 Å². The molecule has 0 unspecified atom stereocenters. The zero-order valence-corrected chi connectivity index (χ0v) is 30.5. The van der Waals surface area contributed by atoms with Gasteiger partial charge >= 0.3 is 0 Å². The minimum absolute atomic E-state index is 0. The van der Waals surface area contributed by atoms with Crippen LogP contribution in [-0.2, 0) is 4.79 Å². The normalized spacial score (nSPS) is 13.6. The Labute approximate surface area is 315 Å². The van der Waals surface area contributed by atoms with Gasteiger partial charge in [0.2, 0.25) is 45.9 Å². The number of halogens is 2. The second kappa shape index (κ2) is 15.2. The van der Waals surface area contributed by atoms with Crippen molar-refractivity contribution in [1.82, 2.24) is 45.5 Å². The number of hydrogen-bond acceptors (Lipinski definition) is 18. The maximum absolute atomic E-state index is 13.5. The minimum atomic E-state index is -0.839. The second-order valence-electron chi connectivity index (χ2n) is 11.2. The van der Waals surface area contributed by atoms with Gasteiger partial charge in [-0.3, -0.25) is 9.59 Å². The van der Waals surface area contributed by atoms with Gasteiger partial charge in [-0.1, -0.05) is 0 Å². The molecule has 0 saturated carbocycles. The molecule has 19 nitrogen and oxygen atoms in total. The zero-order valence-electron chi connectivity index (χ0n) is 27.3. The summed E-state index contributed by atoms with van der Waals surface area (Å²) in [4.78, 5) is 57.2. The van der Waals surface area contributed by atoms with Crippen LogP contribution in [0.4, 0.5) is 0 Å². The van der Waals surface area contributed by atoms with Gasteiger partial charge in [-0.05, 0) is 42.2 Å². The zero-order chi connectivity index (χ0) is 35.8. The number of thioether (sulfide) groups is 1. The van der Waals surface area contributed by atoms with E-state index in [-0.39, 0.29) is 110 Å². The maximum atomic E-state index is 13.5. The second-order valence-corrected chi connectivity index (χ2v) is 12.9. The molecule has 8 rings (SSSR count). The molecular weight excluding hydrogens is 804 g/mol. The molecule has 1 aliphatic rings. The molecule has 0 radical (unpaired) electrons. The summed E-state index contributed by atoms with van der Waals surface area (Å²) in [6, 6.07) is -0.839. The Morgan fingerprint density at radius 2 is 1.32 bits per heavy atom. The van der Waals surface area contributed by atoms with Crippen molar-refractivity contribution in [3.8, 4) is 69.5 Å². The van der Waals surface area contributed by atoms with Crippen molar-refractivity contribution in [1.29, 1.82) is 0 Å². The van der Waals surface area contributed by atoms with Crippen LogP contribution in [-0.4, -0.2) is 71.3 Å². The predicted octanol–water partition coefficient (Wildman–Crippen LogP) is 5.47. The summed E-state index contributed by atoms with van der Waals surface area (Å²) >= 11 is 4.67. The van der Waals surface area contributed by atoms with E-state index in [0.717, 1.165) is 12.8 Å². The summed E-state index contributed by atoms with van der Waals surface area (Å²) in [7, 11) is 0. The van der Waals surface area contributed by atoms with Gasteiger partial charge in [0, 0.05) is 12.3 Å². The molecule has 0 aromatic carbocycles. The number of rotatable bonds is 8. The number of carbonyl (C=O) groups is 2. The molecule has 0 saturated heterocycles. The van der Waals surface area contributed by atoms with E-state index in [2.05, 4.69) is 61.5 Å². The van der Waals surface area contributed by atoms with E-state index in [1.54, 1.807) is 6.92 Å². The van der Waals surface area contributed by atoms with Crippen LogP contribution in [0.5, 0.6) is 0 Å². The van der Waals surface area contributed by atoms with E-state index < -0.39 is 11.9 Å². The third-order valence-corrected chi connectivity index (χ3v) is 9.08. The SMILES string of the molecule is Cc1oc2nc1-c1nc(co1)-c1nc(co1)-c1nc(co1)-c1nc(co1)-c1nc(co1)C(=O)N[C@@H](CSCC(=O)NCCCCN)c1nc-2c(Br)o1.Cl. The van der Waals surface area contributed by atoms with Crippen LogP contribution in [0.25, 0.3) is 69.5 Å². The van der Waals surface area contributed by atoms with Crippen molar-refractivity contribution < 1.29 is 40.5 Å².